The fourth-order valence-corrected chi connectivity index (χ4v) is 3.51. The van der Waals surface area contributed by atoms with Crippen molar-refractivity contribution < 1.29 is 9.53 Å². The number of hydrogen-bond donors (Lipinski definition) is 2. The standard InChI is InChI=1S/C18H20N4O2S/c1-24-11-15(13-5-3-2-4-6-13)20-17(23)22-18-21-16(12-25-18)14-7-9-19-10-8-14/h2-10,15-16H,11-12H2,1H3,(H2,20,21,22,23)/t15-,16?/m0/s1. The van der Waals surface area contributed by atoms with Crippen molar-refractivity contribution in [2.45, 2.75) is 12.1 Å². The van der Waals surface area contributed by atoms with Crippen molar-refractivity contribution in [3.8, 4) is 0 Å². The lowest BCUT2D eigenvalue weighted by atomic mass is 10.1. The first-order valence-electron chi connectivity index (χ1n) is 7.98. The Morgan fingerprint density at radius 2 is 2.04 bits per heavy atom. The van der Waals surface area contributed by atoms with Gasteiger partial charge in [0.15, 0.2) is 5.17 Å². The van der Waals surface area contributed by atoms with Gasteiger partial charge < -0.3 is 10.1 Å². The average Bonchev–Trinajstić information content (AvgIpc) is 3.11. The third-order valence-electron chi connectivity index (χ3n) is 3.80. The van der Waals surface area contributed by atoms with Crippen LogP contribution in [0.25, 0.3) is 0 Å². The predicted molar refractivity (Wildman–Crippen MR) is 99.6 cm³/mol. The van der Waals surface area contributed by atoms with E-state index in [4.69, 9.17) is 4.74 Å². The van der Waals surface area contributed by atoms with Crippen LogP contribution >= 0.6 is 11.8 Å². The third kappa shape index (κ3) is 4.80. The topological polar surface area (TPSA) is 75.6 Å². The quantitative estimate of drug-likeness (QED) is 0.864. The Bertz CT molecular complexity index is 724. The van der Waals surface area contributed by atoms with Crippen molar-refractivity contribution in [2.75, 3.05) is 19.5 Å². The van der Waals surface area contributed by atoms with Gasteiger partial charge in [-0.2, -0.15) is 0 Å². The molecule has 0 saturated carbocycles. The van der Waals surface area contributed by atoms with Gasteiger partial charge in [-0.1, -0.05) is 42.1 Å². The molecule has 0 saturated heterocycles. The van der Waals surface area contributed by atoms with E-state index >= 15 is 0 Å². The highest BCUT2D eigenvalue weighted by atomic mass is 32.2. The minimum atomic E-state index is -0.285. The molecule has 2 heterocycles. The zero-order valence-electron chi connectivity index (χ0n) is 13.9. The van der Waals surface area contributed by atoms with Gasteiger partial charge in [-0.05, 0) is 23.3 Å². The molecule has 0 aliphatic carbocycles. The molecule has 3 rings (SSSR count). The number of aromatic nitrogens is 1. The van der Waals surface area contributed by atoms with Crippen molar-refractivity contribution in [2.24, 2.45) is 4.99 Å². The zero-order chi connectivity index (χ0) is 17.5. The highest BCUT2D eigenvalue weighted by molar-refractivity contribution is 8.14. The molecule has 25 heavy (non-hydrogen) atoms. The van der Waals surface area contributed by atoms with Gasteiger partial charge in [-0.3, -0.25) is 15.3 Å². The highest BCUT2D eigenvalue weighted by Gasteiger charge is 2.22. The molecule has 0 spiro atoms. The van der Waals surface area contributed by atoms with Gasteiger partial charge in [0, 0.05) is 25.3 Å². The number of ether oxygens (including phenoxy) is 1. The van der Waals surface area contributed by atoms with E-state index in [1.807, 2.05) is 42.5 Å². The van der Waals surface area contributed by atoms with Crippen LogP contribution in [0.5, 0.6) is 0 Å². The smallest absolute Gasteiger partial charge is 0.321 e. The number of carbonyl (C=O) groups is 1. The monoisotopic (exact) mass is 356 g/mol. The number of methoxy groups -OCH3 is 1. The Morgan fingerprint density at radius 1 is 1.28 bits per heavy atom. The van der Waals surface area contributed by atoms with E-state index in [2.05, 4.69) is 20.6 Å². The number of benzene rings is 1. The third-order valence-corrected chi connectivity index (χ3v) is 4.77. The van der Waals surface area contributed by atoms with Crippen LogP contribution in [-0.4, -0.2) is 35.7 Å². The molecule has 2 atom stereocenters. The van der Waals surface area contributed by atoms with Crippen LogP contribution in [0.1, 0.15) is 23.2 Å². The summed E-state index contributed by atoms with van der Waals surface area (Å²) in [4.78, 5) is 20.9. The Labute approximate surface area is 151 Å². The number of pyridine rings is 1. The number of hydrogen-bond acceptors (Lipinski definition) is 5. The molecule has 1 aliphatic rings. The van der Waals surface area contributed by atoms with E-state index < -0.39 is 0 Å². The molecule has 0 fully saturated rings. The molecule has 6 nitrogen and oxygen atoms in total. The molecular weight excluding hydrogens is 336 g/mol. The molecule has 0 bridgehead atoms. The first-order valence-corrected chi connectivity index (χ1v) is 8.96. The zero-order valence-corrected chi connectivity index (χ0v) is 14.7. The van der Waals surface area contributed by atoms with E-state index in [0.29, 0.717) is 11.8 Å². The lowest BCUT2D eigenvalue weighted by Crippen LogP contribution is -2.41. The van der Waals surface area contributed by atoms with E-state index in [1.165, 1.54) is 11.8 Å². The number of aliphatic imine (C=N–C) groups is 1. The summed E-state index contributed by atoms with van der Waals surface area (Å²) in [5, 5.41) is 6.39. The summed E-state index contributed by atoms with van der Waals surface area (Å²) in [6.45, 7) is 0.399. The van der Waals surface area contributed by atoms with Crippen molar-refractivity contribution in [1.82, 2.24) is 15.6 Å². The van der Waals surface area contributed by atoms with Gasteiger partial charge in [-0.15, -0.1) is 0 Å². The number of nitrogens with zero attached hydrogens (tertiary/aromatic N) is 2. The van der Waals surface area contributed by atoms with E-state index in [0.717, 1.165) is 16.9 Å². The van der Waals surface area contributed by atoms with Crippen molar-refractivity contribution in [3.63, 3.8) is 0 Å². The first kappa shape index (κ1) is 17.4. The predicted octanol–water partition coefficient (Wildman–Crippen LogP) is 2.91. The van der Waals surface area contributed by atoms with Crippen LogP contribution in [0.4, 0.5) is 4.79 Å². The van der Waals surface area contributed by atoms with Gasteiger partial charge in [0.25, 0.3) is 0 Å². The van der Waals surface area contributed by atoms with Gasteiger partial charge in [-0.25, -0.2) is 4.79 Å². The van der Waals surface area contributed by atoms with Gasteiger partial charge >= 0.3 is 6.03 Å². The van der Waals surface area contributed by atoms with E-state index in [-0.39, 0.29) is 18.1 Å². The van der Waals surface area contributed by atoms with Gasteiger partial charge in [0.2, 0.25) is 0 Å². The second-order valence-corrected chi connectivity index (χ2v) is 6.57. The molecule has 2 aromatic rings. The Morgan fingerprint density at radius 3 is 2.76 bits per heavy atom. The molecule has 1 aliphatic heterocycles. The molecule has 1 aromatic carbocycles. The summed E-state index contributed by atoms with van der Waals surface area (Å²) in [6.07, 6.45) is 3.51. The number of thioether (sulfide) groups is 1. The van der Waals surface area contributed by atoms with Crippen molar-refractivity contribution >= 4 is 23.0 Å². The molecule has 2 amide bonds. The first-order chi connectivity index (χ1) is 12.3. The Balaban J connectivity index is 1.60. The summed E-state index contributed by atoms with van der Waals surface area (Å²) >= 11 is 1.54. The normalized spacial score (nSPS) is 17.6. The minimum absolute atomic E-state index is 0.0483. The van der Waals surface area contributed by atoms with Crippen LogP contribution in [0.15, 0.2) is 59.9 Å². The van der Waals surface area contributed by atoms with Crippen molar-refractivity contribution in [1.29, 1.82) is 0 Å². The Kier molecular flexibility index (Phi) is 6.03. The fraction of sp³-hybridized carbons (Fsp3) is 0.278. The lowest BCUT2D eigenvalue weighted by molar-refractivity contribution is 0.166. The number of nitrogens with one attached hydrogen (secondary N) is 2. The molecular formula is C18H20N4O2S. The SMILES string of the molecule is COC[C@H](NC(=O)NC1=NC(c2ccncc2)CS1)c1ccccc1. The number of urea groups is 1. The molecule has 7 heteroatoms. The van der Waals surface area contributed by atoms with Crippen LogP contribution in [-0.2, 0) is 4.74 Å². The lowest BCUT2D eigenvalue weighted by Gasteiger charge is -2.18. The summed E-state index contributed by atoms with van der Waals surface area (Å²) in [5.41, 5.74) is 2.09. The molecule has 2 N–H and O–H groups in total. The van der Waals surface area contributed by atoms with E-state index in [9.17, 15) is 4.79 Å². The summed E-state index contributed by atoms with van der Waals surface area (Å²) < 4.78 is 5.22. The van der Waals surface area contributed by atoms with Crippen LogP contribution in [0, 0.1) is 0 Å². The second-order valence-electron chi connectivity index (χ2n) is 5.56. The maximum atomic E-state index is 12.3. The van der Waals surface area contributed by atoms with Crippen LogP contribution in [0.3, 0.4) is 0 Å². The summed E-state index contributed by atoms with van der Waals surface area (Å²) in [5.74, 6) is 0.805. The summed E-state index contributed by atoms with van der Waals surface area (Å²) in [6, 6.07) is 13.2. The number of rotatable bonds is 5. The van der Waals surface area contributed by atoms with Gasteiger partial charge in [0.1, 0.15) is 0 Å². The molecule has 1 unspecified atom stereocenters. The highest BCUT2D eigenvalue weighted by Crippen LogP contribution is 2.29. The van der Waals surface area contributed by atoms with Crippen LogP contribution in [0.2, 0.25) is 0 Å². The minimum Gasteiger partial charge on any atom is -0.382 e. The fourth-order valence-electron chi connectivity index (χ4n) is 2.56. The number of amidine groups is 1. The number of amides is 2. The Hall–Kier alpha value is -2.38. The second kappa shape index (κ2) is 8.64. The van der Waals surface area contributed by atoms with E-state index in [1.54, 1.807) is 19.5 Å². The maximum absolute atomic E-state index is 12.3. The van der Waals surface area contributed by atoms with Gasteiger partial charge in [0.05, 0.1) is 18.7 Å². The maximum Gasteiger partial charge on any atom is 0.321 e. The van der Waals surface area contributed by atoms with Crippen molar-refractivity contribution in [3.05, 3.63) is 66.0 Å². The molecule has 1 aromatic heterocycles. The average molecular weight is 356 g/mol. The largest absolute Gasteiger partial charge is 0.382 e. The molecule has 130 valence electrons. The summed E-state index contributed by atoms with van der Waals surface area (Å²) in [7, 11) is 1.62. The van der Waals surface area contributed by atoms with Crippen LogP contribution < -0.4 is 10.6 Å². The number of carbonyl (C=O) groups excluding carboxylic acids is 1. The molecule has 0 radical (unpaired) electrons.